The Hall–Kier alpha value is -2.12. The molecule has 8 nitrogen and oxygen atoms in total. The minimum Gasteiger partial charge on any atom is -0.340 e. The fourth-order valence-corrected chi connectivity index (χ4v) is 4.25. The van der Waals surface area contributed by atoms with E-state index in [2.05, 4.69) is 15.5 Å². The van der Waals surface area contributed by atoms with E-state index in [0.717, 1.165) is 57.4 Å². The second-order valence-electron chi connectivity index (χ2n) is 7.32. The quantitative estimate of drug-likeness (QED) is 0.873. The van der Waals surface area contributed by atoms with E-state index < -0.39 is 6.04 Å². The Balaban J connectivity index is 1.60. The predicted octanol–water partition coefficient (Wildman–Crippen LogP) is 1.22. The van der Waals surface area contributed by atoms with Crippen LogP contribution in [0.15, 0.2) is 0 Å². The molecular formula is C17H26N6O2. The molecule has 1 aliphatic carbocycles. The van der Waals surface area contributed by atoms with Crippen LogP contribution in [0.25, 0.3) is 0 Å². The van der Waals surface area contributed by atoms with E-state index >= 15 is 0 Å². The number of urea groups is 1. The van der Waals surface area contributed by atoms with Crippen molar-refractivity contribution in [3.8, 4) is 0 Å². The molecule has 1 aromatic rings. The zero-order valence-corrected chi connectivity index (χ0v) is 14.8. The lowest BCUT2D eigenvalue weighted by atomic mass is 10.1. The number of nitrogens with zero attached hydrogens (tertiary/aromatic N) is 5. The Morgan fingerprint density at radius 3 is 2.44 bits per heavy atom. The number of fused-ring (bicyclic) bond motifs is 1. The summed E-state index contributed by atoms with van der Waals surface area (Å²) in [5, 5.41) is 11.5. The van der Waals surface area contributed by atoms with Crippen LogP contribution >= 0.6 is 0 Å². The summed E-state index contributed by atoms with van der Waals surface area (Å²) in [4.78, 5) is 29.6. The third kappa shape index (κ3) is 2.98. The Kier molecular flexibility index (Phi) is 4.35. The van der Waals surface area contributed by atoms with Crippen molar-refractivity contribution in [3.63, 3.8) is 0 Å². The molecule has 136 valence electrons. The van der Waals surface area contributed by atoms with Crippen molar-refractivity contribution in [1.82, 2.24) is 29.9 Å². The summed E-state index contributed by atoms with van der Waals surface area (Å²) in [6.45, 7) is 4.56. The van der Waals surface area contributed by atoms with Crippen LogP contribution in [0.4, 0.5) is 4.79 Å². The molecule has 3 heterocycles. The van der Waals surface area contributed by atoms with Gasteiger partial charge in [-0.3, -0.25) is 4.79 Å². The van der Waals surface area contributed by atoms with Crippen LogP contribution in [0.3, 0.4) is 0 Å². The normalized spacial score (nSPS) is 23.8. The highest BCUT2D eigenvalue weighted by molar-refractivity contribution is 5.88. The maximum Gasteiger partial charge on any atom is 0.318 e. The van der Waals surface area contributed by atoms with Gasteiger partial charge in [0.1, 0.15) is 5.82 Å². The number of hydrogen-bond donors (Lipinski definition) is 1. The Bertz CT molecular complexity index is 660. The monoisotopic (exact) mass is 346 g/mol. The Labute approximate surface area is 147 Å². The van der Waals surface area contributed by atoms with E-state index in [0.29, 0.717) is 18.9 Å². The van der Waals surface area contributed by atoms with Crippen molar-refractivity contribution >= 4 is 11.9 Å². The van der Waals surface area contributed by atoms with Gasteiger partial charge in [0, 0.05) is 32.2 Å². The number of likely N-dealkylation sites (tertiary alicyclic amines) is 1. The largest absolute Gasteiger partial charge is 0.340 e. The van der Waals surface area contributed by atoms with Gasteiger partial charge >= 0.3 is 6.03 Å². The molecule has 0 spiro atoms. The Morgan fingerprint density at radius 1 is 1.00 bits per heavy atom. The van der Waals surface area contributed by atoms with E-state index in [1.54, 1.807) is 4.90 Å². The maximum absolute atomic E-state index is 13.1. The van der Waals surface area contributed by atoms with Gasteiger partial charge in [-0.2, -0.15) is 0 Å². The second-order valence-corrected chi connectivity index (χ2v) is 7.32. The van der Waals surface area contributed by atoms with Gasteiger partial charge in [-0.05, 0) is 32.6 Å². The first kappa shape index (κ1) is 16.4. The number of rotatable bonds is 2. The van der Waals surface area contributed by atoms with Crippen molar-refractivity contribution in [2.45, 2.75) is 64.1 Å². The van der Waals surface area contributed by atoms with Gasteiger partial charge in [0.05, 0.1) is 0 Å². The van der Waals surface area contributed by atoms with Crippen molar-refractivity contribution in [1.29, 1.82) is 0 Å². The molecule has 1 unspecified atom stereocenters. The van der Waals surface area contributed by atoms with E-state index in [4.69, 9.17) is 0 Å². The Morgan fingerprint density at radius 2 is 1.72 bits per heavy atom. The van der Waals surface area contributed by atoms with Gasteiger partial charge in [0.15, 0.2) is 11.9 Å². The number of hydrogen-bond acceptors (Lipinski definition) is 4. The summed E-state index contributed by atoms with van der Waals surface area (Å²) in [5.74, 6) is 1.37. The van der Waals surface area contributed by atoms with Crippen LogP contribution in [0.2, 0.25) is 0 Å². The zero-order chi connectivity index (χ0) is 17.4. The summed E-state index contributed by atoms with van der Waals surface area (Å²) < 4.78 is 1.97. The van der Waals surface area contributed by atoms with Gasteiger partial charge in [-0.25, -0.2) is 4.79 Å². The van der Waals surface area contributed by atoms with Crippen molar-refractivity contribution in [2.24, 2.45) is 0 Å². The van der Waals surface area contributed by atoms with Gasteiger partial charge in [0.25, 0.3) is 5.91 Å². The lowest BCUT2D eigenvalue weighted by molar-refractivity contribution is -0.136. The van der Waals surface area contributed by atoms with Crippen LogP contribution < -0.4 is 5.32 Å². The summed E-state index contributed by atoms with van der Waals surface area (Å²) in [6, 6.07) is -0.567. The first-order valence-electron chi connectivity index (χ1n) is 9.41. The molecule has 3 amide bonds. The number of aryl methyl sites for hydroxylation is 1. The molecule has 2 fully saturated rings. The summed E-state index contributed by atoms with van der Waals surface area (Å²) in [7, 11) is 0. The zero-order valence-electron chi connectivity index (χ0n) is 14.8. The smallest absolute Gasteiger partial charge is 0.318 e. The highest BCUT2D eigenvalue weighted by Gasteiger charge is 2.41. The van der Waals surface area contributed by atoms with Crippen molar-refractivity contribution in [2.75, 3.05) is 19.6 Å². The highest BCUT2D eigenvalue weighted by Crippen LogP contribution is 2.29. The van der Waals surface area contributed by atoms with Gasteiger partial charge in [0.2, 0.25) is 0 Å². The molecule has 4 rings (SSSR count). The minimum atomic E-state index is -0.658. The predicted molar refractivity (Wildman–Crippen MR) is 90.8 cm³/mol. The molecule has 3 aliphatic rings. The summed E-state index contributed by atoms with van der Waals surface area (Å²) >= 11 is 0. The van der Waals surface area contributed by atoms with E-state index in [1.807, 2.05) is 16.4 Å². The number of nitrogens with one attached hydrogen (secondary N) is 1. The van der Waals surface area contributed by atoms with Crippen LogP contribution in [0.1, 0.15) is 56.2 Å². The van der Waals surface area contributed by atoms with Crippen LogP contribution in [-0.4, -0.2) is 62.2 Å². The first-order chi connectivity index (χ1) is 12.1. The molecule has 0 aromatic carbocycles. The van der Waals surface area contributed by atoms with Gasteiger partial charge in [-0.1, -0.05) is 12.8 Å². The van der Waals surface area contributed by atoms with Crippen LogP contribution in [0, 0.1) is 6.92 Å². The molecule has 1 atom stereocenters. The number of carbonyl (C=O) groups excluding carboxylic acids is 2. The van der Waals surface area contributed by atoms with Crippen molar-refractivity contribution < 1.29 is 9.59 Å². The molecule has 1 N–H and O–H groups in total. The van der Waals surface area contributed by atoms with Crippen molar-refractivity contribution in [3.05, 3.63) is 11.6 Å². The standard InChI is InChI=1S/C17H26N6O2/c1-12-19-20-15-14(16(24)21-8-4-5-9-21)23(11-10-22(12)15)17(25)18-13-6-2-3-7-13/h13-14H,2-11H2,1H3,(H,18,25). The summed E-state index contributed by atoms with van der Waals surface area (Å²) in [6.07, 6.45) is 6.43. The van der Waals surface area contributed by atoms with E-state index in [-0.39, 0.29) is 18.0 Å². The average Bonchev–Trinajstić information content (AvgIpc) is 3.35. The third-order valence-electron chi connectivity index (χ3n) is 5.68. The molecule has 1 saturated heterocycles. The average molecular weight is 346 g/mol. The maximum atomic E-state index is 13.1. The molecular weight excluding hydrogens is 320 g/mol. The molecule has 2 aliphatic heterocycles. The lowest BCUT2D eigenvalue weighted by Gasteiger charge is -2.37. The highest BCUT2D eigenvalue weighted by atomic mass is 16.2. The molecule has 8 heteroatoms. The fraction of sp³-hybridized carbons (Fsp3) is 0.765. The molecule has 25 heavy (non-hydrogen) atoms. The first-order valence-corrected chi connectivity index (χ1v) is 9.41. The topological polar surface area (TPSA) is 83.4 Å². The third-order valence-corrected chi connectivity index (χ3v) is 5.68. The molecule has 1 aromatic heterocycles. The van der Waals surface area contributed by atoms with Gasteiger partial charge < -0.3 is 19.7 Å². The summed E-state index contributed by atoms with van der Waals surface area (Å²) in [5.41, 5.74) is 0. The fourth-order valence-electron chi connectivity index (χ4n) is 4.25. The molecule has 0 radical (unpaired) electrons. The van der Waals surface area contributed by atoms with E-state index in [1.165, 1.54) is 0 Å². The number of carbonyl (C=O) groups is 2. The van der Waals surface area contributed by atoms with Crippen LogP contribution in [0.5, 0.6) is 0 Å². The van der Waals surface area contributed by atoms with Gasteiger partial charge in [-0.15, -0.1) is 10.2 Å². The molecule has 1 saturated carbocycles. The molecule has 0 bridgehead atoms. The lowest BCUT2D eigenvalue weighted by Crippen LogP contribution is -2.53. The van der Waals surface area contributed by atoms with Crippen LogP contribution in [-0.2, 0) is 11.3 Å². The SMILES string of the molecule is Cc1nnc2n1CCN(C(=O)NC1CCCC1)C2C(=O)N1CCCC1. The minimum absolute atomic E-state index is 0.0209. The van der Waals surface area contributed by atoms with E-state index in [9.17, 15) is 9.59 Å². The second kappa shape index (κ2) is 6.65. The number of aromatic nitrogens is 3. The number of amides is 3.